The highest BCUT2D eigenvalue weighted by molar-refractivity contribution is 9.11. The largest absolute Gasteiger partial charge is 0.444 e. The molecular weight excluding hydrogens is 658 g/mol. The molecule has 2 saturated heterocycles. The lowest BCUT2D eigenvalue weighted by molar-refractivity contribution is 0.0218. The maximum absolute atomic E-state index is 12.8. The molecule has 3 aliphatic heterocycles. The third-order valence-corrected chi connectivity index (χ3v) is 9.92. The molecule has 9 heteroatoms. The molecular formula is C33H39Br2N5O2. The summed E-state index contributed by atoms with van der Waals surface area (Å²) < 4.78 is 7.59. The second-order valence-corrected chi connectivity index (χ2v) is 14.3. The van der Waals surface area contributed by atoms with Crippen molar-refractivity contribution in [2.45, 2.75) is 76.6 Å². The second-order valence-electron chi connectivity index (χ2n) is 12.7. The quantitative estimate of drug-likeness (QED) is 0.264. The number of hydrogen-bond acceptors (Lipinski definition) is 5. The number of rotatable bonds is 5. The highest BCUT2D eigenvalue weighted by Gasteiger charge is 2.36. The monoisotopic (exact) mass is 695 g/mol. The average Bonchev–Trinajstić information content (AvgIpc) is 3.75. The van der Waals surface area contributed by atoms with Crippen molar-refractivity contribution in [3.8, 4) is 22.4 Å². The number of ether oxygens (including phenoxy) is 1. The summed E-state index contributed by atoms with van der Waals surface area (Å²) in [6.07, 6.45) is 5.08. The predicted octanol–water partition coefficient (Wildman–Crippen LogP) is 8.10. The average molecular weight is 698 g/mol. The Morgan fingerprint density at radius 2 is 1.55 bits per heavy atom. The lowest BCUT2D eigenvalue weighted by atomic mass is 9.95. The Morgan fingerprint density at radius 1 is 0.929 bits per heavy atom. The summed E-state index contributed by atoms with van der Waals surface area (Å²) in [5, 5.41) is 3.70. The first kappa shape index (κ1) is 29.5. The van der Waals surface area contributed by atoms with Gasteiger partial charge >= 0.3 is 6.09 Å². The number of carbonyl (C=O) groups excluding carboxylic acids is 1. The normalized spacial score (nSPS) is 23.1. The van der Waals surface area contributed by atoms with Crippen molar-refractivity contribution in [2.75, 3.05) is 20.1 Å². The van der Waals surface area contributed by atoms with Gasteiger partial charge in [-0.3, -0.25) is 4.90 Å². The molecule has 0 radical (unpaired) electrons. The Bertz CT molecular complexity index is 1480. The van der Waals surface area contributed by atoms with Gasteiger partial charge in [0.2, 0.25) is 0 Å². The van der Waals surface area contributed by atoms with Crippen LogP contribution in [0.3, 0.4) is 0 Å². The first-order valence-corrected chi connectivity index (χ1v) is 16.5. The number of aromatic nitrogens is 2. The van der Waals surface area contributed by atoms with E-state index in [1.165, 1.54) is 36.1 Å². The first-order valence-electron chi connectivity index (χ1n) is 14.9. The summed E-state index contributed by atoms with van der Waals surface area (Å²) in [6.45, 7) is 7.54. The number of carbonyl (C=O) groups is 1. The van der Waals surface area contributed by atoms with E-state index in [4.69, 9.17) is 9.72 Å². The molecule has 1 unspecified atom stereocenters. The van der Waals surface area contributed by atoms with Gasteiger partial charge in [0, 0.05) is 24.2 Å². The molecule has 2 N–H and O–H groups in total. The van der Waals surface area contributed by atoms with Crippen molar-refractivity contribution in [3.05, 3.63) is 69.1 Å². The predicted molar refractivity (Wildman–Crippen MR) is 175 cm³/mol. The summed E-state index contributed by atoms with van der Waals surface area (Å²) >= 11 is 7.48. The molecule has 0 bridgehead atoms. The van der Waals surface area contributed by atoms with E-state index < -0.39 is 5.60 Å². The van der Waals surface area contributed by atoms with E-state index in [2.05, 4.69) is 103 Å². The van der Waals surface area contributed by atoms with Gasteiger partial charge in [-0.05, 0) is 121 Å². The number of hydrogen-bond donors (Lipinski definition) is 2. The zero-order chi connectivity index (χ0) is 29.6. The van der Waals surface area contributed by atoms with Crippen molar-refractivity contribution in [1.29, 1.82) is 0 Å². The van der Waals surface area contributed by atoms with Crippen molar-refractivity contribution >= 4 is 43.5 Å². The van der Waals surface area contributed by atoms with Crippen LogP contribution in [-0.2, 0) is 4.74 Å². The van der Waals surface area contributed by atoms with E-state index in [0.717, 1.165) is 51.1 Å². The maximum atomic E-state index is 12.8. The van der Waals surface area contributed by atoms with Gasteiger partial charge in [0.25, 0.3) is 0 Å². The number of halogens is 2. The Balaban J connectivity index is 1.14. The van der Waals surface area contributed by atoms with Gasteiger partial charge in [-0.15, -0.1) is 0 Å². The Labute approximate surface area is 265 Å². The fourth-order valence-corrected chi connectivity index (χ4v) is 7.73. The first-order chi connectivity index (χ1) is 20.1. The third-order valence-electron chi connectivity index (χ3n) is 8.64. The number of amides is 1. The Kier molecular flexibility index (Phi) is 8.28. The highest BCUT2D eigenvalue weighted by atomic mass is 79.9. The van der Waals surface area contributed by atoms with E-state index in [-0.39, 0.29) is 12.1 Å². The topological polar surface area (TPSA) is 73.5 Å². The van der Waals surface area contributed by atoms with Crippen molar-refractivity contribution in [3.63, 3.8) is 0 Å². The zero-order valence-electron chi connectivity index (χ0n) is 24.7. The number of nitrogens with zero attached hydrogens (tertiary/aromatic N) is 3. The van der Waals surface area contributed by atoms with Gasteiger partial charge < -0.3 is 19.9 Å². The van der Waals surface area contributed by atoms with Crippen LogP contribution in [0.1, 0.15) is 70.3 Å². The minimum absolute atomic E-state index is 0.123. The zero-order valence-corrected chi connectivity index (χ0v) is 27.9. The molecule has 7 nitrogen and oxygen atoms in total. The van der Waals surface area contributed by atoms with E-state index in [9.17, 15) is 4.79 Å². The van der Waals surface area contributed by atoms with Gasteiger partial charge in [0.15, 0.2) is 0 Å². The van der Waals surface area contributed by atoms with Crippen LogP contribution in [0.25, 0.3) is 28.0 Å². The summed E-state index contributed by atoms with van der Waals surface area (Å²) in [4.78, 5) is 25.4. The fraction of sp³-hybridized carbons (Fsp3) is 0.455. The Morgan fingerprint density at radius 3 is 2.17 bits per heavy atom. The number of benzene rings is 2. The highest BCUT2D eigenvalue weighted by Crippen LogP contribution is 2.38. The van der Waals surface area contributed by atoms with Crippen LogP contribution in [0.5, 0.6) is 0 Å². The number of nitrogens with one attached hydrogen (secondary N) is 2. The van der Waals surface area contributed by atoms with Crippen LogP contribution in [0, 0.1) is 0 Å². The number of likely N-dealkylation sites (N-methyl/N-ethyl adjacent to an activating group) is 1. The summed E-state index contributed by atoms with van der Waals surface area (Å²) in [6, 6.07) is 18.3. The van der Waals surface area contributed by atoms with Gasteiger partial charge in [0.05, 0.1) is 10.6 Å². The molecule has 2 fully saturated rings. The summed E-state index contributed by atoms with van der Waals surface area (Å²) in [7, 11) is 2.24. The lowest BCUT2D eigenvalue weighted by Gasteiger charge is -2.27. The third kappa shape index (κ3) is 6.06. The van der Waals surface area contributed by atoms with Crippen LogP contribution in [-0.4, -0.2) is 63.7 Å². The maximum Gasteiger partial charge on any atom is 0.410 e. The fourth-order valence-electron chi connectivity index (χ4n) is 6.52. The number of likely N-dealkylation sites (tertiary alicyclic amines) is 2. The van der Waals surface area contributed by atoms with Gasteiger partial charge in [-0.25, -0.2) is 9.78 Å². The van der Waals surface area contributed by atoms with E-state index >= 15 is 0 Å². The molecule has 0 aliphatic carbocycles. The minimum atomic E-state index is -0.529. The standard InChI is InChI=1S/C33H39Br2N5O2/c1-33(2,3)42-32(41)40-18-6-8-27(40)31-37-28(30(35)38-31)23-15-11-21(12-16-23)20-9-13-22(14-10-20)24-19-25(36-29(24)34)26-7-5-17-39(26)4/h9-16,25-27,36H,5-8,17-19H2,1-4H3,(H,37,38)/t25?,26-,27-/m0/s1. The van der Waals surface area contributed by atoms with Crippen molar-refractivity contribution in [1.82, 2.24) is 25.1 Å². The van der Waals surface area contributed by atoms with E-state index in [0.29, 0.717) is 18.6 Å². The van der Waals surface area contributed by atoms with Crippen LogP contribution < -0.4 is 5.32 Å². The molecule has 2 aromatic carbocycles. The molecule has 1 aromatic heterocycles. The summed E-state index contributed by atoms with van der Waals surface area (Å²) in [5.41, 5.74) is 6.29. The minimum Gasteiger partial charge on any atom is -0.444 e. The van der Waals surface area contributed by atoms with Crippen LogP contribution in [0.15, 0.2) is 57.7 Å². The van der Waals surface area contributed by atoms with E-state index in [1.807, 2.05) is 20.8 Å². The smallest absolute Gasteiger partial charge is 0.410 e. The van der Waals surface area contributed by atoms with Gasteiger partial charge in [-0.1, -0.05) is 48.5 Å². The molecule has 1 amide bonds. The molecule has 0 spiro atoms. The molecule has 6 rings (SSSR count). The Hall–Kier alpha value is -2.62. The molecule has 3 aromatic rings. The number of H-pyrrole nitrogens is 1. The van der Waals surface area contributed by atoms with Gasteiger partial charge in [0.1, 0.15) is 21.7 Å². The van der Waals surface area contributed by atoms with E-state index in [1.54, 1.807) is 4.90 Å². The summed E-state index contributed by atoms with van der Waals surface area (Å²) in [5.74, 6) is 0.781. The molecule has 0 saturated carbocycles. The lowest BCUT2D eigenvalue weighted by Crippen LogP contribution is -2.42. The molecule has 3 aliphatic rings. The molecule has 4 heterocycles. The van der Waals surface area contributed by atoms with Crippen molar-refractivity contribution < 1.29 is 9.53 Å². The number of imidazole rings is 1. The van der Waals surface area contributed by atoms with Crippen LogP contribution >= 0.6 is 31.9 Å². The molecule has 222 valence electrons. The van der Waals surface area contributed by atoms with Crippen LogP contribution in [0.4, 0.5) is 4.79 Å². The van der Waals surface area contributed by atoms with Crippen LogP contribution in [0.2, 0.25) is 0 Å². The second kappa shape index (κ2) is 11.8. The molecule has 42 heavy (non-hydrogen) atoms. The molecule has 3 atom stereocenters. The van der Waals surface area contributed by atoms with Crippen molar-refractivity contribution in [2.24, 2.45) is 0 Å². The SMILES string of the molecule is CN1CCC[C@H]1C1CC(c2ccc(-c3ccc(-c4nc([C@@H]5CCCN5C(=O)OC(C)(C)C)[nH]c4Br)cc3)cc2)=C(Br)N1. The van der Waals surface area contributed by atoms with Gasteiger partial charge in [-0.2, -0.15) is 0 Å². The number of aromatic amines is 1.